The van der Waals surface area contributed by atoms with Crippen molar-refractivity contribution < 1.29 is 9.53 Å². The van der Waals surface area contributed by atoms with Crippen LogP contribution in [0.25, 0.3) is 0 Å². The van der Waals surface area contributed by atoms with Crippen LogP contribution in [-0.2, 0) is 11.8 Å². The summed E-state index contributed by atoms with van der Waals surface area (Å²) >= 11 is 13.5. The number of carbonyl (C=O) groups is 1. The van der Waals surface area contributed by atoms with E-state index in [1.165, 1.54) is 4.57 Å². The first-order chi connectivity index (χ1) is 15.4. The van der Waals surface area contributed by atoms with Crippen LogP contribution in [0.15, 0.2) is 32.8 Å². The minimum Gasteiger partial charge on any atom is -0.444 e. The van der Waals surface area contributed by atoms with Crippen molar-refractivity contribution in [3.63, 3.8) is 0 Å². The summed E-state index contributed by atoms with van der Waals surface area (Å²) in [6.45, 7) is 6.90. The van der Waals surface area contributed by atoms with Crippen molar-refractivity contribution in [2.75, 3.05) is 36.8 Å². The first-order valence-electron chi connectivity index (χ1n) is 10.4. The molecule has 0 spiro atoms. The molecule has 1 fully saturated rings. The predicted molar refractivity (Wildman–Crippen MR) is 132 cm³/mol. The first-order valence-corrected chi connectivity index (χ1v) is 11.9. The van der Waals surface area contributed by atoms with Crippen molar-refractivity contribution in [2.45, 2.75) is 42.2 Å². The number of nitrogens with two attached hydrogens (primary N) is 2. The van der Waals surface area contributed by atoms with Crippen LogP contribution in [0.4, 0.5) is 16.6 Å². The van der Waals surface area contributed by atoms with E-state index in [9.17, 15) is 9.59 Å². The van der Waals surface area contributed by atoms with Crippen LogP contribution in [0.2, 0.25) is 10.0 Å². The number of nitrogens with zero attached hydrogens (tertiary/aromatic N) is 4. The summed E-state index contributed by atoms with van der Waals surface area (Å²) < 4.78 is 6.94. The third kappa shape index (κ3) is 5.68. The lowest BCUT2D eigenvalue weighted by atomic mass is 10.1. The number of aromatic nitrogens is 2. The van der Waals surface area contributed by atoms with Gasteiger partial charge in [0.25, 0.3) is 5.56 Å². The molecule has 0 bridgehead atoms. The summed E-state index contributed by atoms with van der Waals surface area (Å²) in [7, 11) is 1.63. The number of nitrogen functional groups attached to an aromatic ring is 1. The second-order valence-electron chi connectivity index (χ2n) is 8.65. The Morgan fingerprint density at radius 3 is 2.64 bits per heavy atom. The summed E-state index contributed by atoms with van der Waals surface area (Å²) in [5.41, 5.74) is 11.2. The number of carbonyl (C=O) groups excluding carboxylic acids is 1. The lowest BCUT2D eigenvalue weighted by Crippen LogP contribution is -2.59. The van der Waals surface area contributed by atoms with Gasteiger partial charge in [0.05, 0.1) is 16.1 Å². The van der Waals surface area contributed by atoms with Gasteiger partial charge in [-0.15, -0.1) is 0 Å². The van der Waals surface area contributed by atoms with Crippen LogP contribution in [0.5, 0.6) is 0 Å². The maximum absolute atomic E-state index is 13.1. The van der Waals surface area contributed by atoms with E-state index in [1.807, 2.05) is 25.7 Å². The molecule has 3 rings (SSSR count). The number of piperazine rings is 1. The molecule has 0 radical (unpaired) electrons. The van der Waals surface area contributed by atoms with E-state index in [1.54, 1.807) is 30.1 Å². The molecule has 12 heteroatoms. The summed E-state index contributed by atoms with van der Waals surface area (Å²) in [6.07, 6.45) is -0.413. The fraction of sp³-hybridized carbons (Fsp3) is 0.476. The Bertz CT molecular complexity index is 1100. The quantitative estimate of drug-likeness (QED) is 0.637. The summed E-state index contributed by atoms with van der Waals surface area (Å²) in [5.74, 6) is 0.495. The van der Waals surface area contributed by atoms with Gasteiger partial charge >= 0.3 is 6.09 Å². The fourth-order valence-electron chi connectivity index (χ4n) is 3.44. The van der Waals surface area contributed by atoms with E-state index in [4.69, 9.17) is 39.4 Å². The first kappa shape index (κ1) is 25.5. The lowest BCUT2D eigenvalue weighted by molar-refractivity contribution is 0.0148. The second kappa shape index (κ2) is 10.0. The smallest absolute Gasteiger partial charge is 0.410 e. The molecule has 0 saturated carbocycles. The maximum Gasteiger partial charge on any atom is 0.410 e. The second-order valence-corrected chi connectivity index (χ2v) is 10.5. The lowest BCUT2D eigenvalue weighted by Gasteiger charge is -2.41. The topological polar surface area (TPSA) is 120 Å². The molecule has 33 heavy (non-hydrogen) atoms. The number of halogens is 2. The molecule has 1 saturated heterocycles. The molecule has 1 aliphatic heterocycles. The number of hydrogen-bond donors (Lipinski definition) is 2. The van der Waals surface area contributed by atoms with E-state index in [-0.39, 0.29) is 28.9 Å². The number of hydrogen-bond acceptors (Lipinski definition) is 8. The number of anilines is 2. The van der Waals surface area contributed by atoms with Gasteiger partial charge in [-0.2, -0.15) is 4.98 Å². The van der Waals surface area contributed by atoms with Crippen LogP contribution in [0.1, 0.15) is 20.8 Å². The van der Waals surface area contributed by atoms with E-state index in [2.05, 4.69) is 4.98 Å². The molecule has 1 aromatic heterocycles. The monoisotopic (exact) mass is 514 g/mol. The molecule has 1 aliphatic rings. The summed E-state index contributed by atoms with van der Waals surface area (Å²) in [5, 5.41) is 0.732. The van der Waals surface area contributed by atoms with Crippen molar-refractivity contribution in [3.8, 4) is 0 Å². The Morgan fingerprint density at radius 1 is 1.30 bits per heavy atom. The summed E-state index contributed by atoms with van der Waals surface area (Å²) in [4.78, 5) is 34.6. The molecule has 2 heterocycles. The number of benzene rings is 1. The highest BCUT2D eigenvalue weighted by Gasteiger charge is 2.34. The zero-order valence-corrected chi connectivity index (χ0v) is 21.3. The molecule has 0 aliphatic carbocycles. The van der Waals surface area contributed by atoms with Gasteiger partial charge < -0.3 is 26.0 Å². The predicted octanol–water partition coefficient (Wildman–Crippen LogP) is 3.20. The van der Waals surface area contributed by atoms with Crippen LogP contribution in [0, 0.1) is 0 Å². The Balaban J connectivity index is 1.85. The van der Waals surface area contributed by atoms with Gasteiger partial charge in [0.1, 0.15) is 16.3 Å². The molecule has 9 nitrogen and oxygen atoms in total. The molecule has 2 aromatic rings. The average Bonchev–Trinajstić information content (AvgIpc) is 2.74. The van der Waals surface area contributed by atoms with E-state index in [0.29, 0.717) is 40.5 Å². The van der Waals surface area contributed by atoms with Gasteiger partial charge in [0, 0.05) is 38.1 Å². The molecule has 1 amide bonds. The maximum atomic E-state index is 13.1. The van der Waals surface area contributed by atoms with Gasteiger partial charge in [-0.3, -0.25) is 9.36 Å². The van der Waals surface area contributed by atoms with Crippen LogP contribution < -0.4 is 21.9 Å². The molecule has 4 N–H and O–H groups in total. The average molecular weight is 515 g/mol. The largest absolute Gasteiger partial charge is 0.444 e. The van der Waals surface area contributed by atoms with Gasteiger partial charge in [-0.25, -0.2) is 4.79 Å². The zero-order valence-electron chi connectivity index (χ0n) is 19.0. The minimum absolute atomic E-state index is 0.0908. The van der Waals surface area contributed by atoms with Crippen LogP contribution >= 0.6 is 35.0 Å². The molecular formula is C21H28Cl2N6O3S. The third-order valence-corrected chi connectivity index (χ3v) is 7.12. The molecule has 1 aromatic carbocycles. The third-order valence-electron chi connectivity index (χ3n) is 5.05. The molecular weight excluding hydrogens is 487 g/mol. The number of ether oxygens (including phenoxy) is 1. The Labute approximate surface area is 207 Å². The van der Waals surface area contributed by atoms with Gasteiger partial charge in [0.15, 0.2) is 0 Å². The Hall–Kier alpha value is -2.14. The Kier molecular flexibility index (Phi) is 7.73. The highest BCUT2D eigenvalue weighted by Crippen LogP contribution is 2.37. The van der Waals surface area contributed by atoms with Gasteiger partial charge in [-0.1, -0.05) is 41.0 Å². The van der Waals surface area contributed by atoms with Crippen molar-refractivity contribution in [2.24, 2.45) is 12.8 Å². The van der Waals surface area contributed by atoms with Crippen molar-refractivity contribution in [3.05, 3.63) is 38.6 Å². The van der Waals surface area contributed by atoms with Gasteiger partial charge in [0.2, 0.25) is 5.95 Å². The molecule has 180 valence electrons. The highest BCUT2D eigenvalue weighted by atomic mass is 35.5. The molecule has 1 atom stereocenters. The van der Waals surface area contributed by atoms with Crippen molar-refractivity contribution in [1.82, 2.24) is 14.5 Å². The SMILES string of the molecule is Cn1c(N2CCN(C(=O)OC(C)(C)C)C(CN)C2)nc(N)c(Sc2cccc(Cl)c2Cl)c1=O. The normalized spacial score (nSPS) is 16.8. The highest BCUT2D eigenvalue weighted by molar-refractivity contribution is 7.99. The summed E-state index contributed by atoms with van der Waals surface area (Å²) in [6, 6.07) is 4.87. The zero-order chi connectivity index (χ0) is 24.5. The van der Waals surface area contributed by atoms with Crippen molar-refractivity contribution >= 4 is 52.8 Å². The van der Waals surface area contributed by atoms with Crippen molar-refractivity contribution in [1.29, 1.82) is 0 Å². The molecule has 1 unspecified atom stereocenters. The van der Waals surface area contributed by atoms with E-state index < -0.39 is 11.7 Å². The van der Waals surface area contributed by atoms with Crippen LogP contribution in [-0.4, -0.2) is 58.4 Å². The number of amides is 1. The fourth-order valence-corrected chi connectivity index (χ4v) is 4.85. The minimum atomic E-state index is -0.605. The standard InChI is InChI=1S/C21H28Cl2N6O3S/c1-21(2,3)32-20(31)29-9-8-28(11-12(29)10-24)19-26-17(25)16(18(30)27(19)4)33-14-7-5-6-13(22)15(14)23/h5-7,12H,8-11,24-25H2,1-4H3. The number of rotatable bonds is 4. The Morgan fingerprint density at radius 2 is 2.00 bits per heavy atom. The van der Waals surface area contributed by atoms with E-state index in [0.717, 1.165) is 11.8 Å². The van der Waals surface area contributed by atoms with Crippen LogP contribution in [0.3, 0.4) is 0 Å². The van der Waals surface area contributed by atoms with Gasteiger partial charge in [-0.05, 0) is 32.9 Å². The van der Waals surface area contributed by atoms with E-state index >= 15 is 0 Å².